The Balaban J connectivity index is 1.94. The van der Waals surface area contributed by atoms with Gasteiger partial charge in [0.25, 0.3) is 0 Å². The highest BCUT2D eigenvalue weighted by atomic mass is 16.7. The smallest absolute Gasteiger partial charge is 0.306 e. The summed E-state index contributed by atoms with van der Waals surface area (Å²) in [7, 11) is 0. The van der Waals surface area contributed by atoms with Gasteiger partial charge in [-0.3, -0.25) is 9.59 Å². The molecule has 0 aromatic heterocycles. The maximum Gasteiger partial charge on any atom is 0.306 e. The second-order valence-corrected chi connectivity index (χ2v) is 5.64. The van der Waals surface area contributed by atoms with E-state index >= 15 is 0 Å². The van der Waals surface area contributed by atoms with Crippen molar-refractivity contribution in [1.82, 2.24) is 5.32 Å². The van der Waals surface area contributed by atoms with Crippen molar-refractivity contribution < 1.29 is 28.9 Å². The van der Waals surface area contributed by atoms with Gasteiger partial charge >= 0.3 is 5.97 Å². The van der Waals surface area contributed by atoms with Gasteiger partial charge in [0.05, 0.1) is 6.61 Å². The SMILES string of the molecule is CC(=O)N[C@@H]1[C@H]2OC[C@@H](OC(=O)CC(C)C)[C@H]2O[C@H]1O. The number of fused-ring (bicyclic) bond motifs is 1. The highest BCUT2D eigenvalue weighted by Crippen LogP contribution is 2.32. The molecule has 2 saturated heterocycles. The molecule has 0 aromatic rings. The summed E-state index contributed by atoms with van der Waals surface area (Å²) in [5, 5.41) is 12.4. The molecule has 0 radical (unpaired) electrons. The van der Waals surface area contributed by atoms with E-state index in [0.717, 1.165) is 0 Å². The van der Waals surface area contributed by atoms with Gasteiger partial charge in [-0.1, -0.05) is 13.8 Å². The Hall–Kier alpha value is -1.18. The van der Waals surface area contributed by atoms with Gasteiger partial charge in [0.1, 0.15) is 18.2 Å². The average Bonchev–Trinajstić information content (AvgIpc) is 2.80. The predicted molar refractivity (Wildman–Crippen MR) is 67.6 cm³/mol. The van der Waals surface area contributed by atoms with Gasteiger partial charge in [0.2, 0.25) is 5.91 Å². The number of hydrogen-bond donors (Lipinski definition) is 2. The molecule has 0 aliphatic carbocycles. The van der Waals surface area contributed by atoms with Gasteiger partial charge in [-0.2, -0.15) is 0 Å². The van der Waals surface area contributed by atoms with Crippen molar-refractivity contribution in [2.24, 2.45) is 5.92 Å². The van der Waals surface area contributed by atoms with Crippen molar-refractivity contribution in [2.45, 2.75) is 57.8 Å². The van der Waals surface area contributed by atoms with Crippen LogP contribution in [0.2, 0.25) is 0 Å². The summed E-state index contributed by atoms with van der Waals surface area (Å²) in [4.78, 5) is 22.8. The van der Waals surface area contributed by atoms with E-state index in [9.17, 15) is 14.7 Å². The van der Waals surface area contributed by atoms with Crippen LogP contribution in [0.15, 0.2) is 0 Å². The van der Waals surface area contributed by atoms with Gasteiger partial charge in [-0.25, -0.2) is 0 Å². The number of carbonyl (C=O) groups is 2. The number of hydrogen-bond acceptors (Lipinski definition) is 6. The van der Waals surface area contributed by atoms with Gasteiger partial charge in [0, 0.05) is 13.3 Å². The molecule has 2 rings (SSSR count). The number of esters is 1. The summed E-state index contributed by atoms with van der Waals surface area (Å²) in [5.41, 5.74) is 0. The fourth-order valence-electron chi connectivity index (χ4n) is 2.53. The largest absolute Gasteiger partial charge is 0.457 e. The van der Waals surface area contributed by atoms with E-state index in [-0.39, 0.29) is 24.4 Å². The topological polar surface area (TPSA) is 94.1 Å². The molecule has 1 amide bonds. The van der Waals surface area contributed by atoms with Crippen LogP contribution in [0.3, 0.4) is 0 Å². The van der Waals surface area contributed by atoms with Crippen LogP contribution in [0, 0.1) is 5.92 Å². The molecule has 0 saturated carbocycles. The quantitative estimate of drug-likeness (QED) is 0.681. The van der Waals surface area contributed by atoms with Gasteiger partial charge in [-0.05, 0) is 5.92 Å². The summed E-state index contributed by atoms with van der Waals surface area (Å²) >= 11 is 0. The molecule has 0 bridgehead atoms. The van der Waals surface area contributed by atoms with Crippen molar-refractivity contribution >= 4 is 11.9 Å². The molecule has 2 aliphatic rings. The number of nitrogens with one attached hydrogen (secondary N) is 1. The fraction of sp³-hybridized carbons (Fsp3) is 0.846. The Morgan fingerprint density at radius 2 is 2.10 bits per heavy atom. The van der Waals surface area contributed by atoms with Crippen LogP contribution in [0.1, 0.15) is 27.2 Å². The fourth-order valence-corrected chi connectivity index (χ4v) is 2.53. The van der Waals surface area contributed by atoms with Gasteiger partial charge in [-0.15, -0.1) is 0 Å². The third-order valence-corrected chi connectivity index (χ3v) is 3.33. The number of aliphatic hydroxyl groups excluding tert-OH is 1. The van der Waals surface area contributed by atoms with E-state index in [1.54, 1.807) is 0 Å². The molecule has 2 fully saturated rings. The molecule has 5 atom stereocenters. The summed E-state index contributed by atoms with van der Waals surface area (Å²) in [6.45, 7) is 5.42. The van der Waals surface area contributed by atoms with Crippen LogP contribution < -0.4 is 5.32 Å². The Bertz CT molecular complexity index is 385. The lowest BCUT2D eigenvalue weighted by molar-refractivity contribution is -0.165. The Morgan fingerprint density at radius 1 is 1.40 bits per heavy atom. The van der Waals surface area contributed by atoms with E-state index in [1.165, 1.54) is 6.92 Å². The molecular weight excluding hydrogens is 266 g/mol. The molecule has 0 spiro atoms. The van der Waals surface area contributed by atoms with E-state index in [0.29, 0.717) is 6.42 Å². The van der Waals surface area contributed by atoms with E-state index in [2.05, 4.69) is 5.32 Å². The Kier molecular flexibility index (Phi) is 4.62. The zero-order chi connectivity index (χ0) is 14.9. The maximum atomic E-state index is 11.7. The second kappa shape index (κ2) is 6.07. The minimum atomic E-state index is -1.15. The average molecular weight is 287 g/mol. The number of aliphatic hydroxyl groups is 1. The summed E-state index contributed by atoms with van der Waals surface area (Å²) in [5.74, 6) is -0.375. The lowest BCUT2D eigenvalue weighted by Crippen LogP contribution is -2.46. The third-order valence-electron chi connectivity index (χ3n) is 3.33. The van der Waals surface area contributed by atoms with E-state index < -0.39 is 30.6 Å². The second-order valence-electron chi connectivity index (χ2n) is 5.64. The van der Waals surface area contributed by atoms with Gasteiger partial charge in [0.15, 0.2) is 12.4 Å². The number of amides is 1. The first-order chi connectivity index (χ1) is 9.38. The molecule has 2 N–H and O–H groups in total. The van der Waals surface area contributed by atoms with Crippen molar-refractivity contribution in [3.63, 3.8) is 0 Å². The number of rotatable bonds is 4. The van der Waals surface area contributed by atoms with Crippen LogP contribution in [-0.2, 0) is 23.8 Å². The van der Waals surface area contributed by atoms with Crippen molar-refractivity contribution in [2.75, 3.05) is 6.61 Å². The minimum absolute atomic E-state index is 0.210. The Morgan fingerprint density at radius 3 is 2.70 bits per heavy atom. The Labute approximate surface area is 117 Å². The van der Waals surface area contributed by atoms with E-state index in [4.69, 9.17) is 14.2 Å². The monoisotopic (exact) mass is 287 g/mol. The normalized spacial score (nSPS) is 36.0. The molecule has 7 heteroatoms. The van der Waals surface area contributed by atoms with Crippen LogP contribution >= 0.6 is 0 Å². The van der Waals surface area contributed by atoms with Crippen molar-refractivity contribution in [3.8, 4) is 0 Å². The molecule has 20 heavy (non-hydrogen) atoms. The summed E-state index contributed by atoms with van der Waals surface area (Å²) in [6.07, 6.45) is -2.41. The van der Waals surface area contributed by atoms with Crippen LogP contribution in [0.4, 0.5) is 0 Å². The lowest BCUT2D eigenvalue weighted by atomic mass is 10.1. The maximum absolute atomic E-state index is 11.7. The van der Waals surface area contributed by atoms with E-state index in [1.807, 2.05) is 13.8 Å². The first-order valence-electron chi connectivity index (χ1n) is 6.80. The van der Waals surface area contributed by atoms with Crippen LogP contribution in [-0.4, -0.2) is 54.2 Å². The van der Waals surface area contributed by atoms with Crippen molar-refractivity contribution in [3.05, 3.63) is 0 Å². The van der Waals surface area contributed by atoms with Gasteiger partial charge < -0.3 is 24.6 Å². The summed E-state index contributed by atoms with van der Waals surface area (Å²) < 4.78 is 16.2. The first kappa shape index (κ1) is 15.2. The molecule has 2 aliphatic heterocycles. The molecule has 2 heterocycles. The highest BCUT2D eigenvalue weighted by Gasteiger charge is 2.54. The molecule has 0 aromatic carbocycles. The molecular formula is C13H21NO6. The standard InChI is InChI=1S/C13H21NO6/c1-6(2)4-9(16)19-8-5-18-12-10(14-7(3)15)13(17)20-11(8)12/h6,8,10-13,17H,4-5H2,1-3H3,(H,14,15)/t8-,10-,11-,12-,13-/m1/s1. The number of carbonyl (C=O) groups excluding carboxylic acids is 2. The molecule has 114 valence electrons. The van der Waals surface area contributed by atoms with Crippen molar-refractivity contribution in [1.29, 1.82) is 0 Å². The minimum Gasteiger partial charge on any atom is -0.457 e. The first-order valence-corrected chi connectivity index (χ1v) is 6.80. The van der Waals surface area contributed by atoms with Crippen LogP contribution in [0.5, 0.6) is 0 Å². The predicted octanol–water partition coefficient (Wildman–Crippen LogP) is -0.435. The molecule has 7 nitrogen and oxygen atoms in total. The lowest BCUT2D eigenvalue weighted by Gasteiger charge is -2.18. The zero-order valence-electron chi connectivity index (χ0n) is 11.9. The van der Waals surface area contributed by atoms with Crippen LogP contribution in [0.25, 0.3) is 0 Å². The highest BCUT2D eigenvalue weighted by molar-refractivity contribution is 5.73. The molecule has 0 unspecified atom stereocenters. The number of ether oxygens (including phenoxy) is 3. The zero-order valence-corrected chi connectivity index (χ0v) is 11.9. The third kappa shape index (κ3) is 3.28. The summed E-state index contributed by atoms with van der Waals surface area (Å²) in [6, 6.07) is -0.633.